The molecular formula is C24H31BO9. The molecule has 1 heterocycles. The molecule has 1 saturated carbocycles. The van der Waals surface area contributed by atoms with Crippen molar-refractivity contribution in [3.63, 3.8) is 0 Å². The van der Waals surface area contributed by atoms with Gasteiger partial charge in [-0.1, -0.05) is 31.4 Å². The Morgan fingerprint density at radius 2 is 1.82 bits per heavy atom. The average Bonchev–Trinajstić information content (AvgIpc) is 2.82. The third-order valence-electron chi connectivity index (χ3n) is 6.21. The van der Waals surface area contributed by atoms with Crippen LogP contribution in [0.5, 0.6) is 5.75 Å². The van der Waals surface area contributed by atoms with Crippen molar-refractivity contribution in [2.24, 2.45) is 5.92 Å². The lowest BCUT2D eigenvalue weighted by molar-refractivity contribution is -0.123. The van der Waals surface area contributed by atoms with Crippen molar-refractivity contribution >= 4 is 30.8 Å². The van der Waals surface area contributed by atoms with Gasteiger partial charge in [-0.3, -0.25) is 4.79 Å². The van der Waals surface area contributed by atoms with Crippen molar-refractivity contribution in [1.29, 1.82) is 0 Å². The molecule has 0 radical (unpaired) electrons. The summed E-state index contributed by atoms with van der Waals surface area (Å²) in [5.74, 6) is -0.942. The number of hydrogen-bond donors (Lipinski definition) is 1. The molecule has 184 valence electrons. The Balaban J connectivity index is 1.48. The summed E-state index contributed by atoms with van der Waals surface area (Å²) in [6.07, 6.45) is 5.34. The quantitative estimate of drug-likeness (QED) is 0.307. The molecule has 1 aromatic carbocycles. The predicted molar refractivity (Wildman–Crippen MR) is 121 cm³/mol. The van der Waals surface area contributed by atoms with Gasteiger partial charge in [0.1, 0.15) is 22.9 Å². The largest absolute Gasteiger partial charge is 0.535 e. The van der Waals surface area contributed by atoms with Crippen LogP contribution < -0.4 is 4.65 Å². The Kier molecular flexibility index (Phi) is 9.50. The monoisotopic (exact) mass is 474 g/mol. The van der Waals surface area contributed by atoms with Gasteiger partial charge < -0.3 is 28.7 Å². The normalized spacial score (nSPS) is 17.8. The summed E-state index contributed by atoms with van der Waals surface area (Å²) >= 11 is 0. The third-order valence-corrected chi connectivity index (χ3v) is 6.21. The molecule has 9 nitrogen and oxygen atoms in total. The first-order valence-corrected chi connectivity index (χ1v) is 11.8. The van der Waals surface area contributed by atoms with E-state index in [2.05, 4.69) is 0 Å². The minimum absolute atomic E-state index is 0.0660. The SMILES string of the molecule is CC(=O)CCC(=O)C[C@H]1Cc2cccc(C(=O)OCOC(=O)OCC3CCCCC3)c2OB1O. The number of benzene rings is 1. The standard InChI is InChI=1S/C24H31BO9/c1-16(26)10-11-20(27)13-19-12-18-8-5-9-21(22(18)34-25(19)30)23(28)32-15-33-24(29)31-14-17-6-3-2-4-7-17/h5,8-9,17,19,30H,2-4,6-7,10-15H2,1H3/t19-/m1/s1. The van der Waals surface area contributed by atoms with Crippen molar-refractivity contribution < 1.29 is 43.1 Å². The number of rotatable bonds is 10. The molecule has 1 aromatic rings. The van der Waals surface area contributed by atoms with E-state index in [-0.39, 0.29) is 42.1 Å². The highest BCUT2D eigenvalue weighted by Gasteiger charge is 2.37. The van der Waals surface area contributed by atoms with E-state index in [1.807, 2.05) is 0 Å². The summed E-state index contributed by atoms with van der Waals surface area (Å²) in [5, 5.41) is 10.4. The number of Topliss-reactive ketones (excluding diaryl/α,β-unsaturated/α-hetero) is 2. The van der Waals surface area contributed by atoms with E-state index in [9.17, 15) is 24.2 Å². The van der Waals surface area contributed by atoms with Crippen LogP contribution in [0.1, 0.15) is 74.2 Å². The van der Waals surface area contributed by atoms with E-state index in [1.165, 1.54) is 19.4 Å². The fourth-order valence-electron chi connectivity index (χ4n) is 4.32. The lowest BCUT2D eigenvalue weighted by Gasteiger charge is -2.28. The maximum Gasteiger partial charge on any atom is 0.526 e. The lowest BCUT2D eigenvalue weighted by Crippen LogP contribution is -2.36. The van der Waals surface area contributed by atoms with E-state index in [1.54, 1.807) is 12.1 Å². The van der Waals surface area contributed by atoms with Crippen LogP contribution in [0, 0.1) is 5.92 Å². The summed E-state index contributed by atoms with van der Waals surface area (Å²) in [4.78, 5) is 47.5. The van der Waals surface area contributed by atoms with Crippen LogP contribution in [-0.2, 0) is 30.2 Å². The number of esters is 1. The van der Waals surface area contributed by atoms with E-state index in [0.29, 0.717) is 24.5 Å². The molecule has 0 bridgehead atoms. The highest BCUT2D eigenvalue weighted by atomic mass is 16.8. The number of carbonyl (C=O) groups is 4. The number of para-hydroxylation sites is 1. The topological polar surface area (TPSA) is 125 Å². The Labute approximate surface area is 199 Å². The number of hydrogen-bond acceptors (Lipinski definition) is 9. The van der Waals surface area contributed by atoms with Crippen molar-refractivity contribution in [1.82, 2.24) is 0 Å². The molecular weight excluding hydrogens is 443 g/mol. The van der Waals surface area contributed by atoms with Crippen LogP contribution in [0.2, 0.25) is 5.82 Å². The summed E-state index contributed by atoms with van der Waals surface area (Å²) < 4.78 is 20.5. The van der Waals surface area contributed by atoms with Gasteiger partial charge in [-0.2, -0.15) is 0 Å². The summed E-state index contributed by atoms with van der Waals surface area (Å²) in [6, 6.07) is 4.86. The zero-order chi connectivity index (χ0) is 24.5. The van der Waals surface area contributed by atoms with Gasteiger partial charge >= 0.3 is 19.2 Å². The van der Waals surface area contributed by atoms with Gasteiger partial charge in [-0.25, -0.2) is 9.59 Å². The smallest absolute Gasteiger partial charge is 0.526 e. The van der Waals surface area contributed by atoms with E-state index >= 15 is 0 Å². The second-order valence-corrected chi connectivity index (χ2v) is 8.97. The molecule has 1 aliphatic carbocycles. The molecule has 10 heteroatoms. The van der Waals surface area contributed by atoms with Crippen LogP contribution in [-0.4, -0.2) is 49.2 Å². The van der Waals surface area contributed by atoms with E-state index < -0.39 is 31.9 Å². The molecule has 1 N–H and O–H groups in total. The van der Waals surface area contributed by atoms with Gasteiger partial charge in [0.2, 0.25) is 6.79 Å². The first-order valence-electron chi connectivity index (χ1n) is 11.8. The van der Waals surface area contributed by atoms with Crippen molar-refractivity contribution in [2.75, 3.05) is 13.4 Å². The Hall–Kier alpha value is -2.88. The molecule has 1 atom stereocenters. The Morgan fingerprint density at radius 1 is 1.06 bits per heavy atom. The second kappa shape index (κ2) is 12.5. The Morgan fingerprint density at radius 3 is 2.56 bits per heavy atom. The minimum atomic E-state index is -1.28. The fourth-order valence-corrected chi connectivity index (χ4v) is 4.32. The zero-order valence-electron chi connectivity index (χ0n) is 19.5. The van der Waals surface area contributed by atoms with Gasteiger partial charge in [0.15, 0.2) is 0 Å². The average molecular weight is 474 g/mol. The number of ketones is 2. The number of fused-ring (bicyclic) bond motifs is 1. The van der Waals surface area contributed by atoms with Crippen LogP contribution in [0.25, 0.3) is 0 Å². The number of carbonyl (C=O) groups excluding carboxylic acids is 4. The van der Waals surface area contributed by atoms with Crippen LogP contribution in [0.15, 0.2) is 18.2 Å². The first-order chi connectivity index (χ1) is 16.3. The number of ether oxygens (including phenoxy) is 3. The minimum Gasteiger partial charge on any atom is -0.535 e. The molecule has 0 aromatic heterocycles. The van der Waals surface area contributed by atoms with Crippen LogP contribution in [0.3, 0.4) is 0 Å². The van der Waals surface area contributed by atoms with Gasteiger partial charge in [-0.15, -0.1) is 0 Å². The fraction of sp³-hybridized carbons (Fsp3) is 0.583. The molecule has 0 saturated heterocycles. The molecule has 1 fully saturated rings. The maximum absolute atomic E-state index is 12.5. The molecule has 34 heavy (non-hydrogen) atoms. The zero-order valence-corrected chi connectivity index (χ0v) is 19.5. The highest BCUT2D eigenvalue weighted by molar-refractivity contribution is 6.47. The van der Waals surface area contributed by atoms with Crippen LogP contribution in [0.4, 0.5) is 4.79 Å². The molecule has 2 aliphatic rings. The summed E-state index contributed by atoms with van der Waals surface area (Å²) in [7, 11) is -1.28. The van der Waals surface area contributed by atoms with Gasteiger partial charge in [-0.05, 0) is 43.7 Å². The van der Waals surface area contributed by atoms with Crippen LogP contribution >= 0.6 is 0 Å². The van der Waals surface area contributed by atoms with Crippen molar-refractivity contribution in [2.45, 2.75) is 70.5 Å². The molecule has 1 aliphatic heterocycles. The van der Waals surface area contributed by atoms with Crippen molar-refractivity contribution in [3.05, 3.63) is 29.3 Å². The highest BCUT2D eigenvalue weighted by Crippen LogP contribution is 2.36. The summed E-state index contributed by atoms with van der Waals surface area (Å²) in [5.41, 5.74) is 0.731. The van der Waals surface area contributed by atoms with Crippen molar-refractivity contribution in [3.8, 4) is 5.75 Å². The van der Waals surface area contributed by atoms with Gasteiger partial charge in [0.05, 0.1) is 6.61 Å². The van der Waals surface area contributed by atoms with E-state index in [0.717, 1.165) is 25.7 Å². The lowest BCUT2D eigenvalue weighted by atomic mass is 9.64. The molecule has 0 spiro atoms. The van der Waals surface area contributed by atoms with E-state index in [4.69, 9.17) is 18.9 Å². The molecule has 3 rings (SSSR count). The second-order valence-electron chi connectivity index (χ2n) is 8.97. The third kappa shape index (κ3) is 7.58. The summed E-state index contributed by atoms with van der Waals surface area (Å²) in [6.45, 7) is 1.11. The van der Waals surface area contributed by atoms with Gasteiger partial charge in [0, 0.05) is 25.1 Å². The molecule has 0 unspecified atom stereocenters. The first kappa shape index (κ1) is 25.7. The maximum atomic E-state index is 12.5. The molecule has 0 amide bonds. The Bertz CT molecular complexity index is 894. The van der Waals surface area contributed by atoms with Gasteiger partial charge in [0.25, 0.3) is 0 Å². The predicted octanol–water partition coefficient (Wildman–Crippen LogP) is 3.65.